The monoisotopic (exact) mass is 281 g/mol. The average molecular weight is 281 g/mol. The van der Waals surface area contributed by atoms with E-state index < -0.39 is 18.1 Å². The molecule has 2 unspecified atom stereocenters. The summed E-state index contributed by atoms with van der Waals surface area (Å²) in [5, 5.41) is 11.2. The predicted molar refractivity (Wildman–Crippen MR) is 72.9 cm³/mol. The van der Waals surface area contributed by atoms with E-state index in [0.717, 1.165) is 0 Å². The summed E-state index contributed by atoms with van der Waals surface area (Å²) >= 11 is 0. The van der Waals surface area contributed by atoms with Crippen LogP contribution in [0.2, 0.25) is 0 Å². The zero-order valence-corrected chi connectivity index (χ0v) is 11.8. The van der Waals surface area contributed by atoms with Crippen molar-refractivity contribution >= 4 is 11.9 Å². The first-order chi connectivity index (χ1) is 9.42. The number of ether oxygens (including phenoxy) is 2. The second-order valence-corrected chi connectivity index (χ2v) is 4.44. The highest BCUT2D eigenvalue weighted by Gasteiger charge is 2.18. The smallest absolute Gasteiger partial charge is 0.305 e. The summed E-state index contributed by atoms with van der Waals surface area (Å²) in [6.07, 6.45) is -0.833. The maximum absolute atomic E-state index is 11.8. The molecule has 0 aliphatic rings. The topological polar surface area (TPSA) is 84.9 Å². The van der Waals surface area contributed by atoms with Gasteiger partial charge in [0, 0.05) is 6.04 Å². The molecule has 6 nitrogen and oxygen atoms in total. The molecule has 2 N–H and O–H groups in total. The maximum Gasteiger partial charge on any atom is 0.305 e. The molecule has 0 heterocycles. The van der Waals surface area contributed by atoms with Crippen molar-refractivity contribution in [1.82, 2.24) is 5.32 Å². The Bertz CT molecular complexity index is 457. The van der Waals surface area contributed by atoms with Crippen LogP contribution in [0.15, 0.2) is 24.3 Å². The highest BCUT2D eigenvalue weighted by atomic mass is 16.5. The molecule has 0 saturated heterocycles. The largest absolute Gasteiger partial charge is 0.497 e. The van der Waals surface area contributed by atoms with Crippen LogP contribution in [0.3, 0.4) is 0 Å². The second-order valence-electron chi connectivity index (χ2n) is 4.44. The van der Waals surface area contributed by atoms with Crippen molar-refractivity contribution in [2.45, 2.75) is 32.4 Å². The van der Waals surface area contributed by atoms with Gasteiger partial charge in [0.05, 0.1) is 13.5 Å². The molecule has 1 aromatic carbocycles. The van der Waals surface area contributed by atoms with E-state index in [0.29, 0.717) is 11.5 Å². The normalized spacial score (nSPS) is 13.2. The number of carbonyl (C=O) groups excluding carboxylic acids is 1. The standard InChI is InChI=1S/C14H19NO5/c1-9(8-13(16)17)15-14(18)10(2)20-12-6-4-11(19-3)5-7-12/h4-7,9-10H,8H2,1-3H3,(H,15,18)(H,16,17). The van der Waals surface area contributed by atoms with Gasteiger partial charge in [-0.15, -0.1) is 0 Å². The van der Waals surface area contributed by atoms with Crippen LogP contribution in [0, 0.1) is 0 Å². The first kappa shape index (κ1) is 15.8. The molecule has 1 rings (SSSR count). The number of amides is 1. The Morgan fingerprint density at radius 3 is 2.25 bits per heavy atom. The van der Waals surface area contributed by atoms with Crippen molar-refractivity contribution in [3.8, 4) is 11.5 Å². The van der Waals surface area contributed by atoms with E-state index in [9.17, 15) is 9.59 Å². The number of carboxylic acid groups (broad SMARTS) is 1. The summed E-state index contributed by atoms with van der Waals surface area (Å²) in [5.74, 6) is -0.0695. The minimum absolute atomic E-state index is 0.124. The van der Waals surface area contributed by atoms with E-state index in [-0.39, 0.29) is 12.3 Å². The molecule has 0 aliphatic carbocycles. The van der Waals surface area contributed by atoms with Crippen molar-refractivity contribution < 1.29 is 24.2 Å². The molecule has 1 aromatic rings. The van der Waals surface area contributed by atoms with Crippen LogP contribution < -0.4 is 14.8 Å². The number of carbonyl (C=O) groups is 2. The fraction of sp³-hybridized carbons (Fsp3) is 0.429. The van der Waals surface area contributed by atoms with Gasteiger partial charge >= 0.3 is 5.97 Å². The van der Waals surface area contributed by atoms with Gasteiger partial charge in [0.25, 0.3) is 5.91 Å². The lowest BCUT2D eigenvalue weighted by molar-refractivity contribution is -0.137. The van der Waals surface area contributed by atoms with Crippen LogP contribution >= 0.6 is 0 Å². The van der Waals surface area contributed by atoms with Gasteiger partial charge in [-0.2, -0.15) is 0 Å². The van der Waals surface area contributed by atoms with Crippen molar-refractivity contribution in [1.29, 1.82) is 0 Å². The molecule has 0 aliphatic heterocycles. The van der Waals surface area contributed by atoms with Crippen molar-refractivity contribution in [3.05, 3.63) is 24.3 Å². The Morgan fingerprint density at radius 1 is 1.20 bits per heavy atom. The summed E-state index contributed by atoms with van der Waals surface area (Å²) in [4.78, 5) is 22.3. The molecule has 0 fully saturated rings. The van der Waals surface area contributed by atoms with E-state index in [4.69, 9.17) is 14.6 Å². The number of carboxylic acids is 1. The third kappa shape index (κ3) is 5.17. The number of aliphatic carboxylic acids is 1. The van der Waals surface area contributed by atoms with Gasteiger partial charge < -0.3 is 19.9 Å². The lowest BCUT2D eigenvalue weighted by Gasteiger charge is -2.17. The van der Waals surface area contributed by atoms with Gasteiger partial charge in [-0.05, 0) is 38.1 Å². The fourth-order valence-corrected chi connectivity index (χ4v) is 1.59. The third-order valence-electron chi connectivity index (χ3n) is 2.61. The van der Waals surface area contributed by atoms with Crippen LogP contribution in [0.25, 0.3) is 0 Å². The molecule has 0 saturated carbocycles. The summed E-state index contributed by atoms with van der Waals surface area (Å²) in [6.45, 7) is 3.24. The minimum Gasteiger partial charge on any atom is -0.497 e. The number of methoxy groups -OCH3 is 1. The summed E-state index contributed by atoms with van der Waals surface area (Å²) in [6, 6.07) is 6.41. The van der Waals surface area contributed by atoms with Gasteiger partial charge in [-0.25, -0.2) is 0 Å². The molecule has 20 heavy (non-hydrogen) atoms. The fourth-order valence-electron chi connectivity index (χ4n) is 1.59. The number of nitrogens with one attached hydrogen (secondary N) is 1. The van der Waals surface area contributed by atoms with Crippen LogP contribution in [0.1, 0.15) is 20.3 Å². The van der Waals surface area contributed by atoms with Crippen molar-refractivity contribution in [2.75, 3.05) is 7.11 Å². The van der Waals surface area contributed by atoms with Crippen LogP contribution in [-0.2, 0) is 9.59 Å². The molecule has 0 bridgehead atoms. The SMILES string of the molecule is COc1ccc(OC(C)C(=O)NC(C)CC(=O)O)cc1. The Hall–Kier alpha value is -2.24. The Labute approximate surface area is 117 Å². The number of hydrogen-bond acceptors (Lipinski definition) is 4. The molecule has 0 aromatic heterocycles. The highest BCUT2D eigenvalue weighted by molar-refractivity contribution is 5.81. The van der Waals surface area contributed by atoms with E-state index in [2.05, 4.69) is 5.32 Å². The average Bonchev–Trinajstić information content (AvgIpc) is 2.38. The van der Waals surface area contributed by atoms with Gasteiger partial charge in [0.15, 0.2) is 6.10 Å². The minimum atomic E-state index is -0.957. The number of benzene rings is 1. The third-order valence-corrected chi connectivity index (χ3v) is 2.61. The molecular formula is C14H19NO5. The van der Waals surface area contributed by atoms with Gasteiger partial charge in [-0.1, -0.05) is 0 Å². The Morgan fingerprint density at radius 2 is 1.75 bits per heavy atom. The van der Waals surface area contributed by atoms with Gasteiger partial charge in [0.2, 0.25) is 0 Å². The molecule has 0 radical (unpaired) electrons. The lowest BCUT2D eigenvalue weighted by atomic mass is 10.2. The molecule has 110 valence electrons. The quantitative estimate of drug-likeness (QED) is 0.790. The summed E-state index contributed by atoms with van der Waals surface area (Å²) in [5.41, 5.74) is 0. The number of rotatable bonds is 7. The van der Waals surface area contributed by atoms with Crippen molar-refractivity contribution in [3.63, 3.8) is 0 Å². The molecule has 2 atom stereocenters. The van der Waals surface area contributed by atoms with Gasteiger partial charge in [0.1, 0.15) is 11.5 Å². The maximum atomic E-state index is 11.8. The van der Waals surface area contributed by atoms with Crippen molar-refractivity contribution in [2.24, 2.45) is 0 Å². The molecule has 6 heteroatoms. The zero-order chi connectivity index (χ0) is 15.1. The van der Waals surface area contributed by atoms with E-state index >= 15 is 0 Å². The van der Waals surface area contributed by atoms with E-state index in [1.807, 2.05) is 0 Å². The van der Waals surface area contributed by atoms with Crippen LogP contribution in [-0.4, -0.2) is 36.2 Å². The highest BCUT2D eigenvalue weighted by Crippen LogP contribution is 2.18. The first-order valence-corrected chi connectivity index (χ1v) is 6.25. The first-order valence-electron chi connectivity index (χ1n) is 6.25. The molecular weight excluding hydrogens is 262 g/mol. The van der Waals surface area contributed by atoms with Crippen LogP contribution in [0.5, 0.6) is 11.5 Å². The lowest BCUT2D eigenvalue weighted by Crippen LogP contribution is -2.42. The molecule has 0 spiro atoms. The number of hydrogen-bond donors (Lipinski definition) is 2. The second kappa shape index (κ2) is 7.37. The van der Waals surface area contributed by atoms with Crippen LogP contribution in [0.4, 0.5) is 0 Å². The van der Waals surface area contributed by atoms with E-state index in [1.165, 1.54) is 0 Å². The summed E-state index contributed by atoms with van der Waals surface area (Å²) < 4.78 is 10.5. The molecule has 1 amide bonds. The summed E-state index contributed by atoms with van der Waals surface area (Å²) in [7, 11) is 1.57. The Balaban J connectivity index is 2.50. The Kier molecular flexibility index (Phi) is 5.83. The van der Waals surface area contributed by atoms with Gasteiger partial charge in [-0.3, -0.25) is 9.59 Å². The predicted octanol–water partition coefficient (Wildman–Crippen LogP) is 1.44. The van der Waals surface area contributed by atoms with E-state index in [1.54, 1.807) is 45.2 Å². The zero-order valence-electron chi connectivity index (χ0n) is 11.8.